The van der Waals surface area contributed by atoms with Crippen LogP contribution in [0.1, 0.15) is 51.5 Å². The SMILES string of the molecule is CC1(C(N)=O)CCC(n2c(Nc3c(F)cc(Cl)cc3Cl)nc3cnc(NC4CCOCC4)nc32)CC1. The van der Waals surface area contributed by atoms with E-state index in [9.17, 15) is 9.18 Å². The molecule has 36 heavy (non-hydrogen) atoms. The van der Waals surface area contributed by atoms with Crippen LogP contribution in [-0.2, 0) is 9.53 Å². The van der Waals surface area contributed by atoms with Gasteiger partial charge in [-0.05, 0) is 50.7 Å². The number of fused-ring (bicyclic) bond motifs is 1. The largest absolute Gasteiger partial charge is 0.381 e. The lowest BCUT2D eigenvalue weighted by molar-refractivity contribution is -0.128. The number of rotatable bonds is 6. The van der Waals surface area contributed by atoms with Gasteiger partial charge in [-0.3, -0.25) is 9.36 Å². The van der Waals surface area contributed by atoms with Crippen molar-refractivity contribution in [1.29, 1.82) is 0 Å². The highest BCUT2D eigenvalue weighted by atomic mass is 35.5. The van der Waals surface area contributed by atoms with Gasteiger partial charge in [0.25, 0.3) is 0 Å². The molecule has 1 saturated heterocycles. The fourth-order valence-electron chi connectivity index (χ4n) is 4.94. The van der Waals surface area contributed by atoms with Gasteiger partial charge in [0.15, 0.2) is 5.65 Å². The summed E-state index contributed by atoms with van der Waals surface area (Å²) >= 11 is 12.3. The van der Waals surface area contributed by atoms with Crippen LogP contribution in [-0.4, -0.2) is 44.7 Å². The highest BCUT2D eigenvalue weighted by Gasteiger charge is 2.37. The van der Waals surface area contributed by atoms with Crippen LogP contribution in [0.2, 0.25) is 10.0 Å². The smallest absolute Gasteiger partial charge is 0.224 e. The number of benzene rings is 1. The van der Waals surface area contributed by atoms with Gasteiger partial charge in [0.2, 0.25) is 17.8 Å². The van der Waals surface area contributed by atoms with Crippen LogP contribution < -0.4 is 16.4 Å². The average molecular weight is 536 g/mol. The minimum absolute atomic E-state index is 0.0371. The molecule has 3 aromatic rings. The van der Waals surface area contributed by atoms with Gasteiger partial charge in [-0.25, -0.2) is 14.4 Å². The Morgan fingerprint density at radius 1 is 1.19 bits per heavy atom. The third-order valence-electron chi connectivity index (χ3n) is 7.25. The van der Waals surface area contributed by atoms with Crippen molar-refractivity contribution in [1.82, 2.24) is 19.5 Å². The minimum Gasteiger partial charge on any atom is -0.381 e. The van der Waals surface area contributed by atoms with Crippen molar-refractivity contribution in [3.8, 4) is 0 Å². The quantitative estimate of drug-likeness (QED) is 0.396. The Balaban J connectivity index is 1.53. The fourth-order valence-corrected chi connectivity index (χ4v) is 5.45. The van der Waals surface area contributed by atoms with Crippen molar-refractivity contribution in [2.75, 3.05) is 23.8 Å². The molecule has 2 fully saturated rings. The van der Waals surface area contributed by atoms with E-state index >= 15 is 0 Å². The van der Waals surface area contributed by atoms with E-state index < -0.39 is 11.2 Å². The minimum atomic E-state index is -0.594. The number of carbonyl (C=O) groups is 1. The summed E-state index contributed by atoms with van der Waals surface area (Å²) in [5, 5.41) is 6.79. The lowest BCUT2D eigenvalue weighted by atomic mass is 9.73. The first-order chi connectivity index (χ1) is 17.2. The number of nitrogens with one attached hydrogen (secondary N) is 2. The summed E-state index contributed by atoms with van der Waals surface area (Å²) in [6, 6.07) is 2.84. The number of aromatic nitrogens is 4. The van der Waals surface area contributed by atoms with Gasteiger partial charge >= 0.3 is 0 Å². The summed E-state index contributed by atoms with van der Waals surface area (Å²) in [5.41, 5.74) is 6.35. The van der Waals surface area contributed by atoms with Crippen molar-refractivity contribution >= 4 is 57.9 Å². The highest BCUT2D eigenvalue weighted by molar-refractivity contribution is 6.36. The van der Waals surface area contributed by atoms with Crippen LogP contribution in [0.5, 0.6) is 0 Å². The molecule has 12 heteroatoms. The summed E-state index contributed by atoms with van der Waals surface area (Å²) in [5.74, 6) is -0.00649. The molecule has 0 atom stereocenters. The summed E-state index contributed by atoms with van der Waals surface area (Å²) in [7, 11) is 0. The van der Waals surface area contributed by atoms with E-state index in [1.165, 1.54) is 12.1 Å². The van der Waals surface area contributed by atoms with Crippen molar-refractivity contribution in [2.24, 2.45) is 11.1 Å². The second-order valence-electron chi connectivity index (χ2n) is 9.76. The Labute approximate surface area is 217 Å². The Bertz CT molecular complexity index is 1260. The Morgan fingerprint density at radius 3 is 2.58 bits per heavy atom. The monoisotopic (exact) mass is 535 g/mol. The summed E-state index contributed by atoms with van der Waals surface area (Å²) in [4.78, 5) is 25.9. The lowest BCUT2D eigenvalue weighted by Gasteiger charge is -2.35. The predicted molar refractivity (Wildman–Crippen MR) is 137 cm³/mol. The number of hydrogen-bond donors (Lipinski definition) is 3. The number of amides is 1. The van der Waals surface area contributed by atoms with Crippen molar-refractivity contribution in [2.45, 2.75) is 57.5 Å². The zero-order chi connectivity index (χ0) is 25.4. The van der Waals surface area contributed by atoms with Crippen LogP contribution in [0.25, 0.3) is 11.2 Å². The van der Waals surface area contributed by atoms with Gasteiger partial charge in [-0.2, -0.15) is 4.98 Å². The molecule has 0 spiro atoms. The summed E-state index contributed by atoms with van der Waals surface area (Å²) in [6.07, 6.45) is 6.02. The van der Waals surface area contributed by atoms with Crippen LogP contribution in [0.15, 0.2) is 18.3 Å². The number of primary amides is 1. The zero-order valence-corrected chi connectivity index (χ0v) is 21.4. The van der Waals surface area contributed by atoms with Crippen LogP contribution >= 0.6 is 23.2 Å². The number of nitrogens with zero attached hydrogens (tertiary/aromatic N) is 4. The number of imidazole rings is 1. The molecule has 0 unspecified atom stereocenters. The van der Waals surface area contributed by atoms with E-state index in [1.54, 1.807) is 6.20 Å². The van der Waals surface area contributed by atoms with Crippen molar-refractivity contribution in [3.63, 3.8) is 0 Å². The standard InChI is InChI=1S/C24H28Cl2FN7O2/c1-24(21(28)35)6-2-15(3-7-24)34-20-18(12-29-22(33-20)30-14-4-8-36-9-5-14)31-23(34)32-19-16(26)10-13(25)11-17(19)27/h10-12,14-15H,2-9H2,1H3,(H2,28,35)(H,31,32)(H,29,30,33). The molecule has 0 bridgehead atoms. The summed E-state index contributed by atoms with van der Waals surface area (Å²) < 4.78 is 22.2. The average Bonchev–Trinajstić information content (AvgIpc) is 3.20. The molecule has 1 aromatic carbocycles. The topological polar surface area (TPSA) is 120 Å². The van der Waals surface area contributed by atoms with E-state index in [2.05, 4.69) is 20.6 Å². The van der Waals surface area contributed by atoms with E-state index in [0.29, 0.717) is 62.0 Å². The normalized spacial score (nSPS) is 23.1. The van der Waals surface area contributed by atoms with Crippen LogP contribution in [0, 0.1) is 11.2 Å². The van der Waals surface area contributed by atoms with Gasteiger partial charge in [0.1, 0.15) is 11.3 Å². The molecule has 2 aromatic heterocycles. The lowest BCUT2D eigenvalue weighted by Crippen LogP contribution is -2.38. The molecule has 192 valence electrons. The third-order valence-corrected chi connectivity index (χ3v) is 7.77. The van der Waals surface area contributed by atoms with Gasteiger partial charge in [-0.15, -0.1) is 0 Å². The van der Waals surface area contributed by atoms with E-state index in [0.717, 1.165) is 12.8 Å². The maximum Gasteiger partial charge on any atom is 0.224 e. The second kappa shape index (κ2) is 9.99. The van der Waals surface area contributed by atoms with Crippen molar-refractivity contribution in [3.05, 3.63) is 34.2 Å². The van der Waals surface area contributed by atoms with Gasteiger partial charge in [0.05, 0.1) is 16.9 Å². The molecule has 1 amide bonds. The first kappa shape index (κ1) is 25.0. The van der Waals surface area contributed by atoms with Gasteiger partial charge in [-0.1, -0.05) is 30.1 Å². The molecule has 2 aliphatic rings. The van der Waals surface area contributed by atoms with Crippen molar-refractivity contribution < 1.29 is 13.9 Å². The van der Waals surface area contributed by atoms with Gasteiger partial charge < -0.3 is 21.1 Å². The molecule has 1 saturated carbocycles. The zero-order valence-electron chi connectivity index (χ0n) is 19.9. The maximum absolute atomic E-state index is 14.8. The molecule has 4 N–H and O–H groups in total. The Hall–Kier alpha value is -2.69. The van der Waals surface area contributed by atoms with E-state index in [1.807, 2.05) is 11.5 Å². The number of carbonyl (C=O) groups excluding carboxylic acids is 1. The van der Waals surface area contributed by atoms with Gasteiger partial charge in [0, 0.05) is 35.7 Å². The van der Waals surface area contributed by atoms with E-state index in [4.69, 9.17) is 38.7 Å². The molecule has 3 heterocycles. The number of anilines is 3. The Morgan fingerprint density at radius 2 is 1.92 bits per heavy atom. The molecular weight excluding hydrogens is 508 g/mol. The molecular formula is C24H28Cl2FN7O2. The predicted octanol–water partition coefficient (Wildman–Crippen LogP) is 5.21. The third kappa shape index (κ3) is 4.94. The first-order valence-corrected chi connectivity index (χ1v) is 12.8. The van der Waals surface area contributed by atoms with Crippen LogP contribution in [0.4, 0.5) is 22.0 Å². The second-order valence-corrected chi connectivity index (χ2v) is 10.6. The molecule has 1 aliphatic carbocycles. The molecule has 9 nitrogen and oxygen atoms in total. The number of ether oxygens (including phenoxy) is 1. The summed E-state index contributed by atoms with van der Waals surface area (Å²) in [6.45, 7) is 3.29. The molecule has 5 rings (SSSR count). The first-order valence-electron chi connectivity index (χ1n) is 12.0. The molecule has 1 aliphatic heterocycles. The fraction of sp³-hybridized carbons (Fsp3) is 0.500. The maximum atomic E-state index is 14.8. The number of halogens is 3. The van der Waals surface area contributed by atoms with Crippen LogP contribution in [0.3, 0.4) is 0 Å². The highest BCUT2D eigenvalue weighted by Crippen LogP contribution is 2.43. The Kier molecular flexibility index (Phi) is 6.93. The molecule has 0 radical (unpaired) electrons. The van der Waals surface area contributed by atoms with E-state index in [-0.39, 0.29) is 33.7 Å². The number of hydrogen-bond acceptors (Lipinski definition) is 7. The number of nitrogens with two attached hydrogens (primary N) is 1.